The van der Waals surface area contributed by atoms with Crippen molar-refractivity contribution in [3.63, 3.8) is 0 Å². The molecule has 0 fully saturated rings. The average molecular weight is 393 g/mol. The summed E-state index contributed by atoms with van der Waals surface area (Å²) in [5.74, 6) is 0.949. The molecule has 1 rings (SSSR count). The molecule has 4 heteroatoms. The molecule has 0 atom stereocenters. The largest absolute Gasteiger partial charge is 0.492 e. The average Bonchev–Trinajstić information content (AvgIpc) is 2.35. The molecular weight excluding hydrogens is 370 g/mol. The van der Waals surface area contributed by atoms with Gasteiger partial charge in [0.15, 0.2) is 0 Å². The molecule has 0 saturated heterocycles. The number of benzene rings is 1. The topological polar surface area (TPSA) is 21.3 Å². The Balaban J connectivity index is 2.90. The van der Waals surface area contributed by atoms with Crippen LogP contribution in [0.2, 0.25) is 0 Å². The van der Waals surface area contributed by atoms with Crippen LogP contribution in [0.1, 0.15) is 46.1 Å². The van der Waals surface area contributed by atoms with Gasteiger partial charge in [0.05, 0.1) is 11.1 Å². The van der Waals surface area contributed by atoms with Crippen molar-refractivity contribution in [3.8, 4) is 5.75 Å². The Morgan fingerprint density at radius 1 is 1.21 bits per heavy atom. The number of hydrogen-bond donors (Lipinski definition) is 1. The van der Waals surface area contributed by atoms with Crippen LogP contribution in [0.4, 0.5) is 0 Å². The lowest BCUT2D eigenvalue weighted by molar-refractivity contribution is 0.307. The zero-order valence-corrected chi connectivity index (χ0v) is 15.3. The van der Waals surface area contributed by atoms with Crippen molar-refractivity contribution in [1.82, 2.24) is 5.32 Å². The maximum atomic E-state index is 5.86. The van der Waals surface area contributed by atoms with Crippen molar-refractivity contribution in [2.75, 3.05) is 6.61 Å². The van der Waals surface area contributed by atoms with Crippen LogP contribution in [0.25, 0.3) is 0 Å². The summed E-state index contributed by atoms with van der Waals surface area (Å²) in [6, 6.07) is 4.15. The van der Waals surface area contributed by atoms with E-state index in [1.54, 1.807) is 0 Å². The van der Waals surface area contributed by atoms with Crippen LogP contribution in [0, 0.1) is 0 Å². The van der Waals surface area contributed by atoms with Crippen molar-refractivity contribution >= 4 is 31.9 Å². The molecule has 108 valence electrons. The van der Waals surface area contributed by atoms with Gasteiger partial charge in [-0.15, -0.1) is 0 Å². The highest BCUT2D eigenvalue weighted by molar-refractivity contribution is 9.11. The summed E-state index contributed by atoms with van der Waals surface area (Å²) >= 11 is 7.12. The molecular formula is C15H23Br2NO. The minimum absolute atomic E-state index is 0.136. The minimum atomic E-state index is 0.136. The van der Waals surface area contributed by atoms with Crippen LogP contribution in [0.3, 0.4) is 0 Å². The van der Waals surface area contributed by atoms with Crippen LogP contribution < -0.4 is 10.1 Å². The lowest BCUT2D eigenvalue weighted by atomic mass is 10.0. The van der Waals surface area contributed by atoms with Gasteiger partial charge in [0, 0.05) is 22.1 Å². The molecule has 0 aliphatic carbocycles. The van der Waals surface area contributed by atoms with Gasteiger partial charge in [-0.1, -0.05) is 29.8 Å². The molecule has 0 aliphatic rings. The van der Waals surface area contributed by atoms with Crippen LogP contribution in [-0.2, 0) is 6.54 Å². The van der Waals surface area contributed by atoms with E-state index in [2.05, 4.69) is 70.9 Å². The van der Waals surface area contributed by atoms with Gasteiger partial charge >= 0.3 is 0 Å². The van der Waals surface area contributed by atoms with E-state index >= 15 is 0 Å². The summed E-state index contributed by atoms with van der Waals surface area (Å²) in [5.41, 5.74) is 1.31. The Kier molecular flexibility index (Phi) is 6.84. The van der Waals surface area contributed by atoms with E-state index in [1.807, 2.05) is 6.07 Å². The second-order valence-electron chi connectivity index (χ2n) is 5.32. The third kappa shape index (κ3) is 5.44. The van der Waals surface area contributed by atoms with E-state index in [0.29, 0.717) is 0 Å². The van der Waals surface area contributed by atoms with Gasteiger partial charge in [-0.2, -0.15) is 0 Å². The normalized spacial score (nSPS) is 11.7. The van der Waals surface area contributed by atoms with Crippen molar-refractivity contribution < 1.29 is 4.74 Å². The van der Waals surface area contributed by atoms with Crippen LogP contribution in [-0.4, -0.2) is 12.1 Å². The summed E-state index contributed by atoms with van der Waals surface area (Å²) < 4.78 is 7.93. The summed E-state index contributed by atoms with van der Waals surface area (Å²) in [4.78, 5) is 0. The first-order chi connectivity index (χ1) is 8.89. The van der Waals surface area contributed by atoms with E-state index < -0.39 is 0 Å². The second kappa shape index (κ2) is 7.65. The Hall–Kier alpha value is -0.0600. The molecule has 0 aromatic heterocycles. The van der Waals surface area contributed by atoms with Crippen molar-refractivity contribution in [1.29, 1.82) is 0 Å². The molecule has 0 saturated carbocycles. The third-order valence-corrected chi connectivity index (χ3v) is 4.22. The summed E-state index contributed by atoms with van der Waals surface area (Å²) in [6.45, 7) is 10.3. The highest BCUT2D eigenvalue weighted by Crippen LogP contribution is 2.33. The maximum absolute atomic E-state index is 5.86. The first-order valence-corrected chi connectivity index (χ1v) is 8.34. The fourth-order valence-corrected chi connectivity index (χ4v) is 3.00. The number of rotatable bonds is 7. The molecule has 0 aliphatic heterocycles. The van der Waals surface area contributed by atoms with Crippen LogP contribution >= 0.6 is 31.9 Å². The van der Waals surface area contributed by atoms with Gasteiger partial charge < -0.3 is 10.1 Å². The summed E-state index contributed by atoms with van der Waals surface area (Å²) in [6.07, 6.45) is 2.10. The summed E-state index contributed by atoms with van der Waals surface area (Å²) in [5, 5.41) is 3.57. The van der Waals surface area contributed by atoms with Gasteiger partial charge in [0.25, 0.3) is 0 Å². The molecule has 0 radical (unpaired) electrons. The highest BCUT2D eigenvalue weighted by Gasteiger charge is 2.16. The quantitative estimate of drug-likeness (QED) is 0.681. The van der Waals surface area contributed by atoms with Crippen molar-refractivity contribution in [2.24, 2.45) is 0 Å². The molecule has 0 amide bonds. The SMILES string of the molecule is CCCOc1c(Br)cc(Br)cc1CNC(C)(C)CC. The fraction of sp³-hybridized carbons (Fsp3) is 0.600. The van der Waals surface area contributed by atoms with E-state index in [4.69, 9.17) is 4.74 Å². The van der Waals surface area contributed by atoms with Crippen molar-refractivity contribution in [2.45, 2.75) is 52.6 Å². The van der Waals surface area contributed by atoms with Gasteiger partial charge in [0.2, 0.25) is 0 Å². The van der Waals surface area contributed by atoms with Gasteiger partial charge in [-0.3, -0.25) is 0 Å². The predicted octanol–water partition coefficient (Wildman–Crippen LogP) is 5.28. The smallest absolute Gasteiger partial charge is 0.138 e. The van der Waals surface area contributed by atoms with Crippen molar-refractivity contribution in [3.05, 3.63) is 26.6 Å². The molecule has 0 heterocycles. The maximum Gasteiger partial charge on any atom is 0.138 e. The number of hydrogen-bond acceptors (Lipinski definition) is 2. The predicted molar refractivity (Wildman–Crippen MR) is 88.8 cm³/mol. The molecule has 1 aromatic rings. The standard InChI is InChI=1S/C15H23Br2NO/c1-5-7-19-14-11(8-12(16)9-13(14)17)10-18-15(3,4)6-2/h8-9,18H,5-7,10H2,1-4H3. The first kappa shape index (κ1) is 17.0. The molecule has 0 bridgehead atoms. The highest BCUT2D eigenvalue weighted by atomic mass is 79.9. The zero-order valence-electron chi connectivity index (χ0n) is 12.1. The summed E-state index contributed by atoms with van der Waals surface area (Å²) in [7, 11) is 0. The molecule has 0 spiro atoms. The van der Waals surface area contributed by atoms with Gasteiger partial charge in [-0.25, -0.2) is 0 Å². The van der Waals surface area contributed by atoms with Crippen LogP contribution in [0.15, 0.2) is 21.1 Å². The fourth-order valence-electron chi connectivity index (χ4n) is 1.57. The van der Waals surface area contributed by atoms with Gasteiger partial charge in [-0.05, 0) is 54.8 Å². The Bertz CT molecular complexity index is 419. The Labute approximate surface area is 133 Å². The second-order valence-corrected chi connectivity index (χ2v) is 7.09. The number of ether oxygens (including phenoxy) is 1. The van der Waals surface area contributed by atoms with E-state index in [0.717, 1.165) is 40.7 Å². The number of nitrogens with one attached hydrogen (secondary N) is 1. The monoisotopic (exact) mass is 391 g/mol. The van der Waals surface area contributed by atoms with E-state index in [1.165, 1.54) is 5.56 Å². The Morgan fingerprint density at radius 3 is 2.47 bits per heavy atom. The number of halogens is 2. The van der Waals surface area contributed by atoms with Gasteiger partial charge in [0.1, 0.15) is 5.75 Å². The third-order valence-electron chi connectivity index (χ3n) is 3.18. The molecule has 1 aromatic carbocycles. The van der Waals surface area contributed by atoms with E-state index in [9.17, 15) is 0 Å². The van der Waals surface area contributed by atoms with Crippen LogP contribution in [0.5, 0.6) is 5.75 Å². The zero-order chi connectivity index (χ0) is 14.5. The lowest BCUT2D eigenvalue weighted by Gasteiger charge is -2.25. The lowest BCUT2D eigenvalue weighted by Crippen LogP contribution is -2.37. The molecule has 0 unspecified atom stereocenters. The minimum Gasteiger partial charge on any atom is -0.492 e. The Morgan fingerprint density at radius 2 is 1.89 bits per heavy atom. The first-order valence-electron chi connectivity index (χ1n) is 6.75. The molecule has 1 N–H and O–H groups in total. The molecule has 2 nitrogen and oxygen atoms in total. The van der Waals surface area contributed by atoms with E-state index in [-0.39, 0.29) is 5.54 Å². The molecule has 19 heavy (non-hydrogen) atoms.